The molecule has 1 rings (SSSR count). The summed E-state index contributed by atoms with van der Waals surface area (Å²) in [4.78, 5) is 11.2. The van der Waals surface area contributed by atoms with E-state index in [1.807, 2.05) is 6.92 Å². The van der Waals surface area contributed by atoms with Crippen molar-refractivity contribution >= 4 is 0 Å². The molecule has 3 heteroatoms. The lowest BCUT2D eigenvalue weighted by Gasteiger charge is -2.16. The Labute approximate surface area is 71.3 Å². The third-order valence-corrected chi connectivity index (χ3v) is 1.99. The van der Waals surface area contributed by atoms with Crippen LogP contribution < -0.4 is 5.56 Å². The molecule has 0 aliphatic carbocycles. The van der Waals surface area contributed by atoms with Crippen LogP contribution in [0, 0.1) is 0 Å². The first-order valence-electron chi connectivity index (χ1n) is 3.98. The van der Waals surface area contributed by atoms with Crippen LogP contribution in [0.25, 0.3) is 0 Å². The average molecular weight is 167 g/mol. The first-order valence-corrected chi connectivity index (χ1v) is 3.98. The zero-order valence-corrected chi connectivity index (χ0v) is 7.27. The van der Waals surface area contributed by atoms with Crippen LogP contribution in [0.1, 0.15) is 19.9 Å². The zero-order valence-electron chi connectivity index (χ0n) is 7.27. The lowest BCUT2D eigenvalue weighted by molar-refractivity contribution is 0.137. The minimum atomic E-state index is -0.509. The highest BCUT2D eigenvalue weighted by Crippen LogP contribution is 2.06. The summed E-state index contributed by atoms with van der Waals surface area (Å²) in [6.45, 7) is 3.48. The number of aliphatic hydroxyl groups excluding tert-OH is 1. The highest BCUT2D eigenvalue weighted by atomic mass is 16.3. The van der Waals surface area contributed by atoms with E-state index in [0.29, 0.717) is 0 Å². The van der Waals surface area contributed by atoms with Gasteiger partial charge in [0.1, 0.15) is 0 Å². The minimum absolute atomic E-state index is 0.0779. The Morgan fingerprint density at radius 3 is 2.58 bits per heavy atom. The highest BCUT2D eigenvalue weighted by Gasteiger charge is 2.10. The Bertz CT molecular complexity index is 303. The summed E-state index contributed by atoms with van der Waals surface area (Å²) in [6.07, 6.45) is 1.17. The second kappa shape index (κ2) is 3.54. The van der Waals surface area contributed by atoms with Crippen LogP contribution in [0.15, 0.2) is 29.2 Å². The van der Waals surface area contributed by atoms with Crippen molar-refractivity contribution in [1.82, 2.24) is 4.57 Å². The summed E-state index contributed by atoms with van der Waals surface area (Å²) in [5.41, 5.74) is -0.0779. The number of aliphatic hydroxyl groups is 1. The van der Waals surface area contributed by atoms with Crippen LogP contribution >= 0.6 is 0 Å². The predicted molar refractivity (Wildman–Crippen MR) is 47.1 cm³/mol. The second-order valence-electron chi connectivity index (χ2n) is 2.93. The molecule has 0 aliphatic rings. The minimum Gasteiger partial charge on any atom is -0.391 e. The topological polar surface area (TPSA) is 42.2 Å². The molecule has 0 aromatic carbocycles. The predicted octanol–water partition coefficient (Wildman–Crippen LogP) is 0.790. The third kappa shape index (κ3) is 1.74. The van der Waals surface area contributed by atoms with Crippen molar-refractivity contribution in [3.05, 3.63) is 34.7 Å². The van der Waals surface area contributed by atoms with Gasteiger partial charge in [-0.15, -0.1) is 0 Å². The van der Waals surface area contributed by atoms with E-state index in [1.54, 1.807) is 25.3 Å². The van der Waals surface area contributed by atoms with E-state index in [-0.39, 0.29) is 11.6 Å². The van der Waals surface area contributed by atoms with Crippen molar-refractivity contribution < 1.29 is 5.11 Å². The number of aromatic nitrogens is 1. The molecule has 1 aromatic rings. The number of hydrogen-bond donors (Lipinski definition) is 1. The molecule has 66 valence electrons. The summed E-state index contributed by atoms with van der Waals surface area (Å²) in [7, 11) is 0. The molecule has 2 unspecified atom stereocenters. The van der Waals surface area contributed by atoms with E-state index in [9.17, 15) is 9.90 Å². The maximum Gasteiger partial charge on any atom is 0.250 e. The zero-order chi connectivity index (χ0) is 9.14. The number of nitrogens with zero attached hydrogens (tertiary/aromatic N) is 1. The fourth-order valence-electron chi connectivity index (χ4n) is 1.01. The Hall–Kier alpha value is -1.09. The molecule has 3 nitrogen and oxygen atoms in total. The molecule has 0 saturated carbocycles. The number of rotatable bonds is 2. The first-order chi connectivity index (χ1) is 5.63. The van der Waals surface area contributed by atoms with Crippen LogP contribution in [0.3, 0.4) is 0 Å². The van der Waals surface area contributed by atoms with Crippen molar-refractivity contribution in [2.45, 2.75) is 26.0 Å². The summed E-state index contributed by atoms with van der Waals surface area (Å²) in [5, 5.41) is 9.24. The van der Waals surface area contributed by atoms with E-state index in [0.717, 1.165) is 0 Å². The maximum atomic E-state index is 11.2. The van der Waals surface area contributed by atoms with Crippen molar-refractivity contribution in [2.75, 3.05) is 0 Å². The standard InChI is InChI=1S/C9H13NO2/c1-7(8(2)11)10-6-4-3-5-9(10)12/h3-8,11H,1-2H3. The van der Waals surface area contributed by atoms with Gasteiger partial charge in [0.25, 0.3) is 5.56 Å². The molecule has 2 atom stereocenters. The van der Waals surface area contributed by atoms with Gasteiger partial charge in [-0.2, -0.15) is 0 Å². The van der Waals surface area contributed by atoms with Gasteiger partial charge in [-0.1, -0.05) is 6.07 Å². The third-order valence-electron chi connectivity index (χ3n) is 1.99. The summed E-state index contributed by atoms with van der Waals surface area (Å²) in [6, 6.07) is 4.78. The normalized spacial score (nSPS) is 15.6. The van der Waals surface area contributed by atoms with E-state index < -0.39 is 6.10 Å². The van der Waals surface area contributed by atoms with E-state index in [4.69, 9.17) is 0 Å². The summed E-state index contributed by atoms with van der Waals surface area (Å²) in [5.74, 6) is 0. The molecule has 0 bridgehead atoms. The SMILES string of the molecule is CC(O)C(C)n1ccccc1=O. The molecule has 12 heavy (non-hydrogen) atoms. The quantitative estimate of drug-likeness (QED) is 0.707. The van der Waals surface area contributed by atoms with Crippen LogP contribution in [0.2, 0.25) is 0 Å². The molecule has 0 amide bonds. The molecule has 1 aromatic heterocycles. The van der Waals surface area contributed by atoms with E-state index >= 15 is 0 Å². The summed E-state index contributed by atoms with van der Waals surface area (Å²) < 4.78 is 1.52. The van der Waals surface area contributed by atoms with Gasteiger partial charge >= 0.3 is 0 Å². The van der Waals surface area contributed by atoms with Crippen LogP contribution in [-0.2, 0) is 0 Å². The lowest BCUT2D eigenvalue weighted by Crippen LogP contribution is -2.27. The molecular formula is C9H13NO2. The molecule has 0 aliphatic heterocycles. The molecule has 0 fully saturated rings. The second-order valence-corrected chi connectivity index (χ2v) is 2.93. The van der Waals surface area contributed by atoms with Gasteiger partial charge in [-0.25, -0.2) is 0 Å². The van der Waals surface area contributed by atoms with Gasteiger partial charge in [-0.05, 0) is 19.9 Å². The van der Waals surface area contributed by atoms with Crippen LogP contribution in [-0.4, -0.2) is 15.8 Å². The highest BCUT2D eigenvalue weighted by molar-refractivity contribution is 4.95. The number of hydrogen-bond acceptors (Lipinski definition) is 2. The Kier molecular flexibility index (Phi) is 2.65. The molecule has 0 saturated heterocycles. The van der Waals surface area contributed by atoms with Crippen LogP contribution in [0.4, 0.5) is 0 Å². The fourth-order valence-corrected chi connectivity index (χ4v) is 1.01. The fraction of sp³-hybridized carbons (Fsp3) is 0.444. The van der Waals surface area contributed by atoms with Gasteiger partial charge in [0.05, 0.1) is 12.1 Å². The van der Waals surface area contributed by atoms with Crippen molar-refractivity contribution in [3.63, 3.8) is 0 Å². The molecule has 1 heterocycles. The number of pyridine rings is 1. The van der Waals surface area contributed by atoms with Gasteiger partial charge in [0.15, 0.2) is 0 Å². The van der Waals surface area contributed by atoms with Crippen LogP contribution in [0.5, 0.6) is 0 Å². The Morgan fingerprint density at radius 1 is 1.42 bits per heavy atom. The van der Waals surface area contributed by atoms with E-state index in [1.165, 1.54) is 10.6 Å². The van der Waals surface area contributed by atoms with Gasteiger partial charge < -0.3 is 9.67 Å². The van der Waals surface area contributed by atoms with E-state index in [2.05, 4.69) is 0 Å². The van der Waals surface area contributed by atoms with Crippen molar-refractivity contribution in [3.8, 4) is 0 Å². The monoisotopic (exact) mass is 167 g/mol. The average Bonchev–Trinajstić information content (AvgIpc) is 2.04. The van der Waals surface area contributed by atoms with Gasteiger partial charge in [-0.3, -0.25) is 4.79 Å². The van der Waals surface area contributed by atoms with Crippen molar-refractivity contribution in [2.24, 2.45) is 0 Å². The van der Waals surface area contributed by atoms with Gasteiger partial charge in [0.2, 0.25) is 0 Å². The molecule has 0 radical (unpaired) electrons. The Morgan fingerprint density at radius 2 is 2.08 bits per heavy atom. The molecular weight excluding hydrogens is 154 g/mol. The largest absolute Gasteiger partial charge is 0.391 e. The Balaban J connectivity index is 3.03. The van der Waals surface area contributed by atoms with Crippen molar-refractivity contribution in [1.29, 1.82) is 0 Å². The lowest BCUT2D eigenvalue weighted by atomic mass is 10.2. The van der Waals surface area contributed by atoms with Gasteiger partial charge in [0, 0.05) is 12.3 Å². The molecule has 1 N–H and O–H groups in total. The smallest absolute Gasteiger partial charge is 0.250 e. The maximum absolute atomic E-state index is 11.2. The molecule has 0 spiro atoms. The first kappa shape index (κ1) is 9.00. The summed E-state index contributed by atoms with van der Waals surface area (Å²) >= 11 is 0.